The number of ether oxygens (including phenoxy) is 1. The molecule has 0 saturated heterocycles. The molecule has 0 aliphatic carbocycles. The second kappa shape index (κ2) is 8.57. The number of aromatic nitrogens is 1. The van der Waals surface area contributed by atoms with Crippen molar-refractivity contribution in [3.63, 3.8) is 0 Å². The lowest BCUT2D eigenvalue weighted by Gasteiger charge is -2.28. The Morgan fingerprint density at radius 3 is 2.74 bits per heavy atom. The van der Waals surface area contributed by atoms with Gasteiger partial charge in [0.2, 0.25) is 5.91 Å². The monoisotopic (exact) mass is 371 g/mol. The summed E-state index contributed by atoms with van der Waals surface area (Å²) in [6.45, 7) is 5.48. The van der Waals surface area contributed by atoms with E-state index in [-0.39, 0.29) is 5.91 Å². The number of rotatable bonds is 7. The largest absolute Gasteiger partial charge is 0.497 e. The standard InChI is InChI=1S/C21H29N3O3/c1-14(2)4-9-20-23-18-13-24(11-10-19(18)27-20)21(25)17(22)12-15-5-7-16(26-3)8-6-15/h5-8,14,17H,4,9-13,22H2,1-3H3/t17-/m0/s1. The van der Waals surface area contributed by atoms with E-state index in [2.05, 4.69) is 18.8 Å². The number of nitrogens with two attached hydrogens (primary N) is 1. The van der Waals surface area contributed by atoms with Crippen LogP contribution in [-0.4, -0.2) is 35.5 Å². The van der Waals surface area contributed by atoms with Crippen molar-refractivity contribution in [2.24, 2.45) is 11.7 Å². The van der Waals surface area contributed by atoms with Crippen LogP contribution in [0.5, 0.6) is 5.75 Å². The second-order valence-corrected chi connectivity index (χ2v) is 7.58. The van der Waals surface area contributed by atoms with Crippen LogP contribution in [0.3, 0.4) is 0 Å². The minimum Gasteiger partial charge on any atom is -0.497 e. The summed E-state index contributed by atoms with van der Waals surface area (Å²) in [6, 6.07) is 7.09. The van der Waals surface area contributed by atoms with Crippen LogP contribution in [0.25, 0.3) is 0 Å². The van der Waals surface area contributed by atoms with Crippen molar-refractivity contribution in [2.45, 2.75) is 52.1 Å². The minimum absolute atomic E-state index is 0.0387. The van der Waals surface area contributed by atoms with E-state index in [1.807, 2.05) is 24.3 Å². The molecule has 1 aliphatic rings. The molecule has 1 aromatic heterocycles. The van der Waals surface area contributed by atoms with Crippen LogP contribution >= 0.6 is 0 Å². The summed E-state index contributed by atoms with van der Waals surface area (Å²) >= 11 is 0. The first-order chi connectivity index (χ1) is 13.0. The van der Waals surface area contributed by atoms with Crippen molar-refractivity contribution in [3.8, 4) is 5.75 Å². The maximum absolute atomic E-state index is 12.8. The number of carbonyl (C=O) groups is 1. The number of aryl methyl sites for hydroxylation is 1. The Morgan fingerprint density at radius 1 is 1.33 bits per heavy atom. The van der Waals surface area contributed by atoms with Gasteiger partial charge in [-0.15, -0.1) is 0 Å². The molecule has 3 rings (SSSR count). The zero-order valence-corrected chi connectivity index (χ0v) is 16.4. The Morgan fingerprint density at radius 2 is 2.07 bits per heavy atom. The molecule has 0 saturated carbocycles. The summed E-state index contributed by atoms with van der Waals surface area (Å²) in [7, 11) is 1.63. The van der Waals surface area contributed by atoms with Gasteiger partial charge in [0.1, 0.15) is 17.2 Å². The zero-order valence-electron chi connectivity index (χ0n) is 16.4. The molecule has 6 heteroatoms. The van der Waals surface area contributed by atoms with E-state index in [1.54, 1.807) is 12.0 Å². The van der Waals surface area contributed by atoms with Crippen LogP contribution in [0.1, 0.15) is 43.2 Å². The van der Waals surface area contributed by atoms with E-state index in [0.29, 0.717) is 31.8 Å². The van der Waals surface area contributed by atoms with Crippen LogP contribution in [0.15, 0.2) is 28.7 Å². The van der Waals surface area contributed by atoms with Gasteiger partial charge in [-0.3, -0.25) is 4.79 Å². The van der Waals surface area contributed by atoms with Crippen molar-refractivity contribution in [2.75, 3.05) is 13.7 Å². The molecule has 1 atom stereocenters. The fourth-order valence-corrected chi connectivity index (χ4v) is 3.30. The Kier molecular flexibility index (Phi) is 6.16. The summed E-state index contributed by atoms with van der Waals surface area (Å²) in [5.74, 6) is 3.07. The van der Waals surface area contributed by atoms with Crippen LogP contribution in [-0.2, 0) is 30.6 Å². The first-order valence-electron chi connectivity index (χ1n) is 9.61. The molecule has 1 amide bonds. The highest BCUT2D eigenvalue weighted by Crippen LogP contribution is 2.22. The van der Waals surface area contributed by atoms with Gasteiger partial charge in [-0.1, -0.05) is 26.0 Å². The molecule has 1 aromatic carbocycles. The van der Waals surface area contributed by atoms with E-state index in [4.69, 9.17) is 14.9 Å². The van der Waals surface area contributed by atoms with E-state index >= 15 is 0 Å². The Balaban J connectivity index is 1.59. The number of nitrogens with zero attached hydrogens (tertiary/aromatic N) is 2. The van der Waals surface area contributed by atoms with Crippen molar-refractivity contribution < 1.29 is 13.9 Å². The van der Waals surface area contributed by atoms with E-state index in [9.17, 15) is 4.79 Å². The summed E-state index contributed by atoms with van der Waals surface area (Å²) < 4.78 is 11.0. The lowest BCUT2D eigenvalue weighted by atomic mass is 10.0. The predicted octanol–water partition coefficient (Wildman–Crippen LogP) is 2.73. The van der Waals surface area contributed by atoms with E-state index in [1.165, 1.54) is 0 Å². The van der Waals surface area contributed by atoms with Gasteiger partial charge in [-0.05, 0) is 36.5 Å². The molecular weight excluding hydrogens is 342 g/mol. The smallest absolute Gasteiger partial charge is 0.240 e. The summed E-state index contributed by atoms with van der Waals surface area (Å²) in [6.07, 6.45) is 3.10. The summed E-state index contributed by atoms with van der Waals surface area (Å²) in [5.41, 5.74) is 8.09. The van der Waals surface area contributed by atoms with Crippen molar-refractivity contribution in [1.29, 1.82) is 0 Å². The first kappa shape index (κ1) is 19.4. The van der Waals surface area contributed by atoms with Crippen LogP contribution in [0.4, 0.5) is 0 Å². The number of hydrogen-bond acceptors (Lipinski definition) is 5. The molecule has 0 unspecified atom stereocenters. The number of hydrogen-bond donors (Lipinski definition) is 1. The molecule has 0 radical (unpaired) electrons. The van der Waals surface area contributed by atoms with Crippen molar-refractivity contribution in [3.05, 3.63) is 47.2 Å². The highest BCUT2D eigenvalue weighted by atomic mass is 16.5. The number of oxazole rings is 1. The lowest BCUT2D eigenvalue weighted by molar-refractivity contribution is -0.133. The first-order valence-corrected chi connectivity index (χ1v) is 9.61. The molecule has 1 aliphatic heterocycles. The Bertz CT molecular complexity index is 767. The number of methoxy groups -OCH3 is 1. The zero-order chi connectivity index (χ0) is 19.4. The Labute approximate surface area is 160 Å². The van der Waals surface area contributed by atoms with Crippen molar-refractivity contribution in [1.82, 2.24) is 9.88 Å². The van der Waals surface area contributed by atoms with Crippen LogP contribution in [0.2, 0.25) is 0 Å². The van der Waals surface area contributed by atoms with Gasteiger partial charge in [0.05, 0.1) is 19.7 Å². The third-order valence-corrected chi connectivity index (χ3v) is 4.95. The molecule has 2 N–H and O–H groups in total. The summed E-state index contributed by atoms with van der Waals surface area (Å²) in [4.78, 5) is 19.2. The number of carbonyl (C=O) groups excluding carboxylic acids is 1. The molecule has 27 heavy (non-hydrogen) atoms. The van der Waals surface area contributed by atoms with Gasteiger partial charge in [0.25, 0.3) is 0 Å². The number of benzene rings is 1. The van der Waals surface area contributed by atoms with Gasteiger partial charge >= 0.3 is 0 Å². The highest BCUT2D eigenvalue weighted by Gasteiger charge is 2.28. The number of amides is 1. The minimum atomic E-state index is -0.563. The molecule has 0 bridgehead atoms. The maximum atomic E-state index is 12.8. The van der Waals surface area contributed by atoms with E-state index < -0.39 is 6.04 Å². The summed E-state index contributed by atoms with van der Waals surface area (Å²) in [5, 5.41) is 0. The average molecular weight is 371 g/mol. The molecule has 146 valence electrons. The van der Waals surface area contributed by atoms with Crippen LogP contribution in [0, 0.1) is 5.92 Å². The van der Waals surface area contributed by atoms with Crippen LogP contribution < -0.4 is 10.5 Å². The SMILES string of the molecule is COc1ccc(C[C@H](N)C(=O)N2CCc3oc(CCC(C)C)nc3C2)cc1. The average Bonchev–Trinajstić information content (AvgIpc) is 3.08. The topological polar surface area (TPSA) is 81.6 Å². The highest BCUT2D eigenvalue weighted by molar-refractivity contribution is 5.82. The van der Waals surface area contributed by atoms with Gasteiger partial charge in [0.15, 0.2) is 5.89 Å². The third kappa shape index (κ3) is 4.89. The van der Waals surface area contributed by atoms with Gasteiger partial charge < -0.3 is 19.8 Å². The lowest BCUT2D eigenvalue weighted by Crippen LogP contribution is -2.46. The molecule has 2 heterocycles. The predicted molar refractivity (Wildman–Crippen MR) is 103 cm³/mol. The number of fused-ring (bicyclic) bond motifs is 1. The quantitative estimate of drug-likeness (QED) is 0.809. The normalized spacial score (nSPS) is 14.9. The van der Waals surface area contributed by atoms with Gasteiger partial charge in [0, 0.05) is 19.4 Å². The fraction of sp³-hybridized carbons (Fsp3) is 0.524. The van der Waals surface area contributed by atoms with Gasteiger partial charge in [-0.2, -0.15) is 0 Å². The van der Waals surface area contributed by atoms with Crippen molar-refractivity contribution >= 4 is 5.91 Å². The second-order valence-electron chi connectivity index (χ2n) is 7.58. The Hall–Kier alpha value is -2.34. The third-order valence-electron chi connectivity index (χ3n) is 4.95. The molecule has 6 nitrogen and oxygen atoms in total. The molecule has 0 fully saturated rings. The molecule has 0 spiro atoms. The van der Waals surface area contributed by atoms with E-state index in [0.717, 1.165) is 41.5 Å². The maximum Gasteiger partial charge on any atom is 0.240 e. The van der Waals surface area contributed by atoms with Gasteiger partial charge in [-0.25, -0.2) is 4.98 Å². The molecular formula is C21H29N3O3. The molecule has 2 aromatic rings. The fourth-order valence-electron chi connectivity index (χ4n) is 3.30.